The van der Waals surface area contributed by atoms with Gasteiger partial charge in [-0.25, -0.2) is 0 Å². The van der Waals surface area contributed by atoms with Crippen molar-refractivity contribution in [3.8, 4) is 0 Å². The van der Waals surface area contributed by atoms with Crippen molar-refractivity contribution in [3.05, 3.63) is 0 Å². The first-order chi connectivity index (χ1) is 16.8. The summed E-state index contributed by atoms with van der Waals surface area (Å²) in [5, 5.41) is 9.52. The van der Waals surface area contributed by atoms with Crippen LogP contribution in [0.3, 0.4) is 0 Å². The molecule has 3 heteroatoms. The predicted molar refractivity (Wildman–Crippen MR) is 150 cm³/mol. The number of ether oxygens (including phenoxy) is 2. The van der Waals surface area contributed by atoms with Gasteiger partial charge in [0.2, 0.25) is 0 Å². The van der Waals surface area contributed by atoms with Crippen molar-refractivity contribution in [1.29, 1.82) is 0 Å². The summed E-state index contributed by atoms with van der Waals surface area (Å²) >= 11 is 0. The third-order valence-electron chi connectivity index (χ3n) is 7.00. The zero-order valence-electron chi connectivity index (χ0n) is 23.6. The van der Waals surface area contributed by atoms with Gasteiger partial charge >= 0.3 is 0 Å². The topological polar surface area (TPSA) is 38.7 Å². The Bertz CT molecular complexity index is 348. The summed E-state index contributed by atoms with van der Waals surface area (Å²) < 4.78 is 11.6. The van der Waals surface area contributed by atoms with Crippen molar-refractivity contribution in [2.45, 2.75) is 174 Å². The van der Waals surface area contributed by atoms with Gasteiger partial charge in [-0.1, -0.05) is 155 Å². The summed E-state index contributed by atoms with van der Waals surface area (Å²) in [5.41, 5.74) is 0. The molecule has 0 aliphatic rings. The molecule has 0 saturated heterocycles. The molecule has 0 heterocycles. The fourth-order valence-electron chi connectivity index (χ4n) is 4.61. The van der Waals surface area contributed by atoms with Crippen molar-refractivity contribution in [2.75, 3.05) is 26.4 Å². The van der Waals surface area contributed by atoms with Gasteiger partial charge in [-0.15, -0.1) is 0 Å². The van der Waals surface area contributed by atoms with Crippen LogP contribution >= 0.6 is 0 Å². The Morgan fingerprint density at radius 3 is 1.12 bits per heavy atom. The van der Waals surface area contributed by atoms with Gasteiger partial charge in [-0.2, -0.15) is 0 Å². The maximum atomic E-state index is 9.52. The van der Waals surface area contributed by atoms with Gasteiger partial charge in [0.05, 0.1) is 13.2 Å². The van der Waals surface area contributed by atoms with Crippen LogP contribution in [0, 0.1) is 0 Å². The number of aliphatic hydroxyl groups is 1. The zero-order chi connectivity index (χ0) is 24.8. The number of rotatable bonds is 30. The van der Waals surface area contributed by atoms with E-state index in [0.29, 0.717) is 6.61 Å². The first-order valence-electron chi connectivity index (χ1n) is 15.6. The standard InChI is InChI=1S/C31H64O3/c1-3-5-7-9-11-13-15-17-19-21-23-25-27-33-30-31(29-32)34-28-26-24-22-20-18-16-14-12-10-8-6-4-2/h31-32H,3-30H2,1-2H3. The van der Waals surface area contributed by atoms with E-state index in [-0.39, 0.29) is 12.7 Å². The highest BCUT2D eigenvalue weighted by Gasteiger charge is 2.07. The van der Waals surface area contributed by atoms with Crippen LogP contribution in [0.1, 0.15) is 168 Å². The first-order valence-corrected chi connectivity index (χ1v) is 15.6. The highest BCUT2D eigenvalue weighted by atomic mass is 16.5. The second-order valence-electron chi connectivity index (χ2n) is 10.5. The van der Waals surface area contributed by atoms with E-state index >= 15 is 0 Å². The van der Waals surface area contributed by atoms with Crippen LogP contribution in [0.15, 0.2) is 0 Å². The fourth-order valence-corrected chi connectivity index (χ4v) is 4.61. The average Bonchev–Trinajstić information content (AvgIpc) is 2.85. The van der Waals surface area contributed by atoms with E-state index in [2.05, 4.69) is 13.8 Å². The summed E-state index contributed by atoms with van der Waals surface area (Å²) in [4.78, 5) is 0. The van der Waals surface area contributed by atoms with Gasteiger partial charge in [0.15, 0.2) is 0 Å². The van der Waals surface area contributed by atoms with Crippen molar-refractivity contribution in [1.82, 2.24) is 0 Å². The van der Waals surface area contributed by atoms with Crippen molar-refractivity contribution < 1.29 is 14.6 Å². The van der Waals surface area contributed by atoms with Gasteiger partial charge in [0.1, 0.15) is 6.10 Å². The Labute approximate surface area is 215 Å². The van der Waals surface area contributed by atoms with Gasteiger partial charge in [-0.05, 0) is 12.8 Å². The summed E-state index contributed by atoms with van der Waals surface area (Å²) in [6.45, 7) is 6.72. The smallest absolute Gasteiger partial charge is 0.104 e. The zero-order valence-corrected chi connectivity index (χ0v) is 23.6. The molecule has 1 unspecified atom stereocenters. The minimum Gasteiger partial charge on any atom is -0.394 e. The monoisotopic (exact) mass is 484 g/mol. The van der Waals surface area contributed by atoms with E-state index in [1.54, 1.807) is 0 Å². The number of aliphatic hydroxyl groups excluding tert-OH is 1. The van der Waals surface area contributed by atoms with E-state index in [0.717, 1.165) is 26.1 Å². The molecule has 34 heavy (non-hydrogen) atoms. The lowest BCUT2D eigenvalue weighted by Crippen LogP contribution is -2.24. The minimum atomic E-state index is -0.148. The highest BCUT2D eigenvalue weighted by Crippen LogP contribution is 2.13. The Balaban J connectivity index is 3.26. The quantitative estimate of drug-likeness (QED) is 0.103. The van der Waals surface area contributed by atoms with Crippen molar-refractivity contribution in [3.63, 3.8) is 0 Å². The molecule has 0 aromatic heterocycles. The lowest BCUT2D eigenvalue weighted by molar-refractivity contribution is -0.0437. The molecule has 206 valence electrons. The molecule has 0 bridgehead atoms. The van der Waals surface area contributed by atoms with Crippen LogP contribution in [0.4, 0.5) is 0 Å². The Morgan fingerprint density at radius 2 is 0.765 bits per heavy atom. The lowest BCUT2D eigenvalue weighted by atomic mass is 10.1. The second-order valence-corrected chi connectivity index (χ2v) is 10.5. The lowest BCUT2D eigenvalue weighted by Gasteiger charge is -2.15. The highest BCUT2D eigenvalue weighted by molar-refractivity contribution is 4.55. The van der Waals surface area contributed by atoms with E-state index in [4.69, 9.17) is 9.47 Å². The largest absolute Gasteiger partial charge is 0.394 e. The third-order valence-corrected chi connectivity index (χ3v) is 7.00. The summed E-state index contributed by atoms with van der Waals surface area (Å²) in [5.74, 6) is 0. The molecule has 1 atom stereocenters. The molecular weight excluding hydrogens is 420 g/mol. The number of hydrogen-bond donors (Lipinski definition) is 1. The van der Waals surface area contributed by atoms with E-state index < -0.39 is 0 Å². The Kier molecular flexibility index (Phi) is 30.8. The molecule has 1 N–H and O–H groups in total. The normalized spacial score (nSPS) is 12.4. The SMILES string of the molecule is CCCCCCCCCCCCCCOCC(CO)OCCCCCCCCCCCCCC. The summed E-state index contributed by atoms with van der Waals surface area (Å²) in [7, 11) is 0. The third kappa shape index (κ3) is 28.1. The van der Waals surface area contributed by atoms with E-state index in [1.807, 2.05) is 0 Å². The molecule has 0 aliphatic heterocycles. The van der Waals surface area contributed by atoms with Gasteiger partial charge in [-0.3, -0.25) is 0 Å². The predicted octanol–water partition coefficient (Wildman–Crippen LogP) is 9.78. The molecular formula is C31H64O3. The minimum absolute atomic E-state index is 0.0662. The molecule has 0 spiro atoms. The Morgan fingerprint density at radius 1 is 0.441 bits per heavy atom. The van der Waals surface area contributed by atoms with Gasteiger partial charge < -0.3 is 14.6 Å². The molecule has 0 fully saturated rings. The summed E-state index contributed by atoms with van der Waals surface area (Å²) in [6, 6.07) is 0. The molecule has 0 amide bonds. The molecule has 0 aliphatic carbocycles. The molecule has 0 aromatic carbocycles. The van der Waals surface area contributed by atoms with Crippen LogP contribution in [0.2, 0.25) is 0 Å². The van der Waals surface area contributed by atoms with Gasteiger partial charge in [0.25, 0.3) is 0 Å². The van der Waals surface area contributed by atoms with Crippen LogP contribution in [0.25, 0.3) is 0 Å². The molecule has 0 saturated carbocycles. The van der Waals surface area contributed by atoms with Crippen LogP contribution in [-0.2, 0) is 9.47 Å². The van der Waals surface area contributed by atoms with Gasteiger partial charge in [0, 0.05) is 13.2 Å². The van der Waals surface area contributed by atoms with Crippen LogP contribution in [-0.4, -0.2) is 37.6 Å². The number of hydrogen-bond acceptors (Lipinski definition) is 3. The number of unbranched alkanes of at least 4 members (excludes halogenated alkanes) is 22. The van der Waals surface area contributed by atoms with Crippen molar-refractivity contribution in [2.24, 2.45) is 0 Å². The molecule has 0 rings (SSSR count). The molecule has 3 nitrogen and oxygen atoms in total. The van der Waals surface area contributed by atoms with Crippen LogP contribution < -0.4 is 0 Å². The molecule has 0 radical (unpaired) electrons. The Hall–Kier alpha value is -0.120. The van der Waals surface area contributed by atoms with Crippen LogP contribution in [0.5, 0.6) is 0 Å². The maximum absolute atomic E-state index is 9.52. The first kappa shape index (κ1) is 33.9. The fraction of sp³-hybridized carbons (Fsp3) is 1.00. The van der Waals surface area contributed by atoms with Crippen molar-refractivity contribution >= 4 is 0 Å². The summed E-state index contributed by atoms with van der Waals surface area (Å²) in [6.07, 6.45) is 32.5. The van der Waals surface area contributed by atoms with E-state index in [9.17, 15) is 5.11 Å². The van der Waals surface area contributed by atoms with E-state index in [1.165, 1.54) is 141 Å². The maximum Gasteiger partial charge on any atom is 0.104 e. The second kappa shape index (κ2) is 30.9. The molecule has 0 aromatic rings. The average molecular weight is 485 g/mol.